The standard InChI is InChI=1S/C17H16BrN3O2S/c18-12-6-1-4-10-16(12)24(22,23)21-11-5-9-15(21)17-19-13-7-2-3-8-14(13)20-17/h1-4,6-8,10,15H,5,9,11H2,(H,19,20)/t15-/m1/s1. The van der Waals surface area contributed by atoms with Crippen molar-refractivity contribution >= 4 is 37.0 Å². The number of H-pyrrole nitrogens is 1. The van der Waals surface area contributed by atoms with E-state index in [0.717, 1.165) is 23.9 Å². The van der Waals surface area contributed by atoms with Crippen LogP contribution in [0.3, 0.4) is 0 Å². The number of aromatic nitrogens is 2. The maximum Gasteiger partial charge on any atom is 0.244 e. The fraction of sp³-hybridized carbons (Fsp3) is 0.235. The van der Waals surface area contributed by atoms with Gasteiger partial charge in [-0.1, -0.05) is 24.3 Å². The molecule has 0 unspecified atom stereocenters. The maximum absolute atomic E-state index is 13.1. The normalized spacial score (nSPS) is 19.1. The first-order chi connectivity index (χ1) is 11.6. The topological polar surface area (TPSA) is 66.1 Å². The summed E-state index contributed by atoms with van der Waals surface area (Å²) in [4.78, 5) is 8.18. The number of hydrogen-bond acceptors (Lipinski definition) is 3. The Morgan fingerprint density at radius 1 is 1.12 bits per heavy atom. The molecule has 2 heterocycles. The molecule has 7 heteroatoms. The summed E-state index contributed by atoms with van der Waals surface area (Å²) in [6, 6.07) is 14.4. The molecule has 1 aliphatic rings. The summed E-state index contributed by atoms with van der Waals surface area (Å²) < 4.78 is 28.4. The minimum Gasteiger partial charge on any atom is -0.341 e. The first kappa shape index (κ1) is 15.8. The molecule has 3 aromatic rings. The Hall–Kier alpha value is -1.70. The third-order valence-corrected chi connectivity index (χ3v) is 7.27. The highest BCUT2D eigenvalue weighted by atomic mass is 79.9. The summed E-state index contributed by atoms with van der Waals surface area (Å²) in [7, 11) is -3.58. The van der Waals surface area contributed by atoms with Crippen LogP contribution in [0.15, 0.2) is 57.9 Å². The van der Waals surface area contributed by atoms with Crippen molar-refractivity contribution in [2.45, 2.75) is 23.8 Å². The van der Waals surface area contributed by atoms with Crippen molar-refractivity contribution < 1.29 is 8.42 Å². The molecule has 0 amide bonds. The van der Waals surface area contributed by atoms with Gasteiger partial charge < -0.3 is 4.98 Å². The van der Waals surface area contributed by atoms with Crippen LogP contribution in [0, 0.1) is 0 Å². The van der Waals surface area contributed by atoms with E-state index < -0.39 is 10.0 Å². The Balaban J connectivity index is 1.76. The van der Waals surface area contributed by atoms with E-state index in [4.69, 9.17) is 0 Å². The number of para-hydroxylation sites is 2. The van der Waals surface area contributed by atoms with Gasteiger partial charge in [-0.05, 0) is 53.0 Å². The molecule has 0 bridgehead atoms. The third-order valence-electron chi connectivity index (χ3n) is 4.35. The van der Waals surface area contributed by atoms with Crippen LogP contribution in [0.4, 0.5) is 0 Å². The highest BCUT2D eigenvalue weighted by Crippen LogP contribution is 2.37. The van der Waals surface area contributed by atoms with Crippen LogP contribution in [0.2, 0.25) is 0 Å². The van der Waals surface area contributed by atoms with Gasteiger partial charge >= 0.3 is 0 Å². The van der Waals surface area contributed by atoms with Gasteiger partial charge in [0.25, 0.3) is 0 Å². The largest absolute Gasteiger partial charge is 0.341 e. The average Bonchev–Trinajstić information content (AvgIpc) is 3.21. The SMILES string of the molecule is O=S(=O)(c1ccccc1Br)N1CCC[C@@H]1c1nc2ccccc2[nH]1. The Morgan fingerprint density at radius 3 is 2.67 bits per heavy atom. The zero-order chi connectivity index (χ0) is 16.7. The molecule has 1 saturated heterocycles. The lowest BCUT2D eigenvalue weighted by Crippen LogP contribution is -2.31. The minimum atomic E-state index is -3.58. The van der Waals surface area contributed by atoms with Crippen molar-refractivity contribution in [1.29, 1.82) is 0 Å². The van der Waals surface area contributed by atoms with E-state index in [1.54, 1.807) is 22.5 Å². The van der Waals surface area contributed by atoms with E-state index in [2.05, 4.69) is 25.9 Å². The zero-order valence-corrected chi connectivity index (χ0v) is 15.2. The predicted octanol–water partition coefficient (Wildman–Crippen LogP) is 3.85. The number of halogens is 1. The van der Waals surface area contributed by atoms with Gasteiger partial charge in [0.1, 0.15) is 5.82 Å². The van der Waals surface area contributed by atoms with Gasteiger partial charge in [0.05, 0.1) is 22.0 Å². The highest BCUT2D eigenvalue weighted by Gasteiger charge is 2.38. The smallest absolute Gasteiger partial charge is 0.244 e. The van der Waals surface area contributed by atoms with Gasteiger partial charge in [-0.3, -0.25) is 0 Å². The summed E-state index contributed by atoms with van der Waals surface area (Å²) in [6.45, 7) is 0.505. The van der Waals surface area contributed by atoms with E-state index in [-0.39, 0.29) is 6.04 Å². The molecular weight excluding hydrogens is 390 g/mol. The molecule has 1 N–H and O–H groups in total. The second-order valence-corrected chi connectivity index (χ2v) is 8.56. The van der Waals surface area contributed by atoms with E-state index in [1.165, 1.54) is 0 Å². The first-order valence-corrected chi connectivity index (χ1v) is 10.0. The van der Waals surface area contributed by atoms with Crippen LogP contribution in [0.25, 0.3) is 11.0 Å². The number of nitrogens with one attached hydrogen (secondary N) is 1. The van der Waals surface area contributed by atoms with Crippen LogP contribution >= 0.6 is 15.9 Å². The molecule has 0 saturated carbocycles. The van der Waals surface area contributed by atoms with Crippen molar-refractivity contribution in [3.8, 4) is 0 Å². The lowest BCUT2D eigenvalue weighted by atomic mass is 10.2. The Morgan fingerprint density at radius 2 is 1.88 bits per heavy atom. The quantitative estimate of drug-likeness (QED) is 0.719. The monoisotopic (exact) mass is 405 g/mol. The molecular formula is C17H16BrN3O2S. The molecule has 1 atom stereocenters. The summed E-state index contributed by atoms with van der Waals surface area (Å²) in [6.07, 6.45) is 1.59. The van der Waals surface area contributed by atoms with Crippen LogP contribution in [0.5, 0.6) is 0 Å². The van der Waals surface area contributed by atoms with Crippen LogP contribution in [-0.4, -0.2) is 29.2 Å². The van der Waals surface area contributed by atoms with Gasteiger partial charge in [0.15, 0.2) is 0 Å². The van der Waals surface area contributed by atoms with Gasteiger partial charge in [-0.25, -0.2) is 13.4 Å². The van der Waals surface area contributed by atoms with E-state index >= 15 is 0 Å². The minimum absolute atomic E-state index is 0.255. The van der Waals surface area contributed by atoms with E-state index in [9.17, 15) is 8.42 Å². The Kier molecular flexibility index (Phi) is 3.94. The predicted molar refractivity (Wildman–Crippen MR) is 96.1 cm³/mol. The van der Waals surface area contributed by atoms with Gasteiger partial charge in [-0.2, -0.15) is 4.31 Å². The number of rotatable bonds is 3. The summed E-state index contributed by atoms with van der Waals surface area (Å²) in [5.74, 6) is 0.712. The number of sulfonamides is 1. The Labute approximate surface area is 148 Å². The molecule has 0 spiro atoms. The lowest BCUT2D eigenvalue weighted by Gasteiger charge is -2.23. The fourth-order valence-electron chi connectivity index (χ4n) is 3.21. The Bertz CT molecular complexity index is 967. The van der Waals surface area contributed by atoms with Crippen LogP contribution in [0.1, 0.15) is 24.7 Å². The van der Waals surface area contributed by atoms with Crippen molar-refractivity contribution in [2.75, 3.05) is 6.54 Å². The van der Waals surface area contributed by atoms with Crippen molar-refractivity contribution in [2.24, 2.45) is 0 Å². The first-order valence-electron chi connectivity index (χ1n) is 7.78. The molecule has 1 fully saturated rings. The van der Waals surface area contributed by atoms with E-state index in [0.29, 0.717) is 21.7 Å². The second-order valence-electron chi connectivity index (χ2n) is 5.84. The van der Waals surface area contributed by atoms with Crippen molar-refractivity contribution in [3.63, 3.8) is 0 Å². The highest BCUT2D eigenvalue weighted by molar-refractivity contribution is 9.10. The molecule has 0 radical (unpaired) electrons. The number of aromatic amines is 1. The van der Waals surface area contributed by atoms with E-state index in [1.807, 2.05) is 30.3 Å². The molecule has 124 valence electrons. The number of fused-ring (bicyclic) bond motifs is 1. The summed E-state index contributed by atoms with van der Waals surface area (Å²) in [5, 5.41) is 0. The lowest BCUT2D eigenvalue weighted by molar-refractivity contribution is 0.385. The summed E-state index contributed by atoms with van der Waals surface area (Å²) >= 11 is 3.35. The number of imidazole rings is 1. The fourth-order valence-corrected chi connectivity index (χ4v) is 5.84. The molecule has 2 aromatic carbocycles. The molecule has 1 aromatic heterocycles. The summed E-state index contributed by atoms with van der Waals surface area (Å²) in [5.41, 5.74) is 1.79. The molecule has 24 heavy (non-hydrogen) atoms. The van der Waals surface area contributed by atoms with Crippen LogP contribution in [-0.2, 0) is 10.0 Å². The molecule has 1 aliphatic heterocycles. The third kappa shape index (κ3) is 2.56. The number of nitrogens with zero attached hydrogens (tertiary/aromatic N) is 2. The molecule has 4 rings (SSSR count). The average molecular weight is 406 g/mol. The van der Waals surface area contributed by atoms with Gasteiger partial charge in [0.2, 0.25) is 10.0 Å². The molecule has 5 nitrogen and oxygen atoms in total. The van der Waals surface area contributed by atoms with Crippen LogP contribution < -0.4 is 0 Å². The van der Waals surface area contributed by atoms with Gasteiger partial charge in [-0.15, -0.1) is 0 Å². The zero-order valence-electron chi connectivity index (χ0n) is 12.8. The van der Waals surface area contributed by atoms with Crippen molar-refractivity contribution in [3.05, 3.63) is 58.8 Å². The number of benzene rings is 2. The van der Waals surface area contributed by atoms with Gasteiger partial charge in [0, 0.05) is 11.0 Å². The molecule has 0 aliphatic carbocycles. The maximum atomic E-state index is 13.1. The number of hydrogen-bond donors (Lipinski definition) is 1. The van der Waals surface area contributed by atoms with Crippen molar-refractivity contribution in [1.82, 2.24) is 14.3 Å². The second kappa shape index (κ2) is 5.98.